The predicted octanol–water partition coefficient (Wildman–Crippen LogP) is 3.90. The van der Waals surface area contributed by atoms with Crippen LogP contribution in [0.25, 0.3) is 0 Å². The Morgan fingerprint density at radius 2 is 1.81 bits per heavy atom. The molecule has 0 aromatic heterocycles. The van der Waals surface area contributed by atoms with E-state index >= 15 is 0 Å². The van der Waals surface area contributed by atoms with Crippen LogP contribution in [0.3, 0.4) is 0 Å². The largest absolute Gasteiger partial charge is 0.497 e. The molecule has 1 N–H and O–H groups in total. The summed E-state index contributed by atoms with van der Waals surface area (Å²) in [5.74, 6) is -0.550. The summed E-state index contributed by atoms with van der Waals surface area (Å²) in [5.41, 5.74) is 0.947. The number of benzene rings is 2. The van der Waals surface area contributed by atoms with Crippen molar-refractivity contribution in [3.8, 4) is 5.75 Å². The molecule has 0 unspecified atom stereocenters. The summed E-state index contributed by atoms with van der Waals surface area (Å²) < 4.78 is 10.4. The number of methoxy groups -OCH3 is 1. The summed E-state index contributed by atoms with van der Waals surface area (Å²) in [6.45, 7) is 2.45. The Bertz CT molecular complexity index is 926. The van der Waals surface area contributed by atoms with Crippen LogP contribution in [0, 0.1) is 0 Å². The lowest BCUT2D eigenvalue weighted by atomic mass is 10.00. The lowest BCUT2D eigenvalue weighted by Crippen LogP contribution is -2.45. The van der Waals surface area contributed by atoms with Crippen LogP contribution in [-0.2, 0) is 9.53 Å². The van der Waals surface area contributed by atoms with Gasteiger partial charge in [-0.2, -0.15) is 0 Å². The van der Waals surface area contributed by atoms with Crippen LogP contribution in [0.5, 0.6) is 5.75 Å². The number of nitrogens with zero attached hydrogens (tertiary/aromatic N) is 1. The van der Waals surface area contributed by atoms with Gasteiger partial charge in [-0.3, -0.25) is 9.59 Å². The molecule has 1 aliphatic heterocycles. The number of likely N-dealkylation sites (tertiary alicyclic amines) is 1. The Morgan fingerprint density at radius 3 is 2.52 bits per heavy atom. The molecule has 0 bridgehead atoms. The Kier molecular flexibility index (Phi) is 7.65. The van der Waals surface area contributed by atoms with Gasteiger partial charge in [-0.15, -0.1) is 0 Å². The van der Waals surface area contributed by atoms with E-state index in [1.165, 1.54) is 0 Å². The molecule has 1 saturated heterocycles. The third-order valence-electron chi connectivity index (χ3n) is 5.49. The molecule has 3 rings (SSSR count). The van der Waals surface area contributed by atoms with E-state index < -0.39 is 5.97 Å². The molecule has 1 aliphatic rings. The second-order valence-electron chi connectivity index (χ2n) is 7.45. The molecule has 7 heteroatoms. The topological polar surface area (TPSA) is 84.9 Å². The van der Waals surface area contributed by atoms with E-state index in [2.05, 4.69) is 12.2 Å². The molecule has 164 valence electrons. The van der Waals surface area contributed by atoms with E-state index in [0.717, 1.165) is 25.7 Å². The van der Waals surface area contributed by atoms with Crippen LogP contribution in [0.2, 0.25) is 0 Å². The predicted molar refractivity (Wildman–Crippen MR) is 117 cm³/mol. The second-order valence-corrected chi connectivity index (χ2v) is 7.45. The van der Waals surface area contributed by atoms with Gasteiger partial charge >= 0.3 is 5.97 Å². The number of ether oxygens (including phenoxy) is 2. The fourth-order valence-electron chi connectivity index (χ4n) is 3.75. The van der Waals surface area contributed by atoms with Crippen molar-refractivity contribution in [2.45, 2.75) is 38.6 Å². The highest BCUT2D eigenvalue weighted by atomic mass is 16.5. The average molecular weight is 424 g/mol. The van der Waals surface area contributed by atoms with E-state index in [9.17, 15) is 14.4 Å². The van der Waals surface area contributed by atoms with Crippen molar-refractivity contribution in [3.63, 3.8) is 0 Å². The Hall–Kier alpha value is -3.35. The molecular weight excluding hydrogens is 396 g/mol. The molecule has 0 aliphatic carbocycles. The van der Waals surface area contributed by atoms with E-state index in [-0.39, 0.29) is 30.0 Å². The maximum absolute atomic E-state index is 12.6. The zero-order chi connectivity index (χ0) is 22.2. The Morgan fingerprint density at radius 1 is 1.06 bits per heavy atom. The van der Waals surface area contributed by atoms with Gasteiger partial charge in [-0.05, 0) is 62.1 Å². The molecule has 31 heavy (non-hydrogen) atoms. The summed E-state index contributed by atoms with van der Waals surface area (Å²) in [6.07, 6.45) is 3.95. The Balaban J connectivity index is 1.64. The summed E-state index contributed by atoms with van der Waals surface area (Å²) in [4.78, 5) is 39.6. The molecule has 2 aromatic carbocycles. The lowest BCUT2D eigenvalue weighted by Gasteiger charge is -2.35. The van der Waals surface area contributed by atoms with Crippen molar-refractivity contribution in [1.82, 2.24) is 4.90 Å². The first-order valence-electron chi connectivity index (χ1n) is 10.5. The third kappa shape index (κ3) is 5.63. The van der Waals surface area contributed by atoms with Crippen molar-refractivity contribution in [2.75, 3.05) is 25.6 Å². The number of amides is 2. The Labute approximate surface area is 182 Å². The number of para-hydroxylation sites is 1. The van der Waals surface area contributed by atoms with Gasteiger partial charge in [0.1, 0.15) is 5.75 Å². The fourth-order valence-corrected chi connectivity index (χ4v) is 3.75. The number of piperidine rings is 1. The minimum Gasteiger partial charge on any atom is -0.497 e. The van der Waals surface area contributed by atoms with Crippen LogP contribution >= 0.6 is 0 Å². The SMILES string of the molecule is CC[C@H]1CCCCN1C(=O)COC(=O)c1ccccc1NC(=O)c1ccc(OC)cc1. The number of rotatable bonds is 7. The molecule has 0 spiro atoms. The summed E-state index contributed by atoms with van der Waals surface area (Å²) in [7, 11) is 1.55. The molecular formula is C24H28N2O5. The molecule has 2 amide bonds. The highest BCUT2D eigenvalue weighted by Crippen LogP contribution is 2.21. The zero-order valence-electron chi connectivity index (χ0n) is 17.9. The number of esters is 1. The second kappa shape index (κ2) is 10.6. The van der Waals surface area contributed by atoms with Gasteiger partial charge in [-0.25, -0.2) is 4.79 Å². The minimum absolute atomic E-state index is 0.181. The lowest BCUT2D eigenvalue weighted by molar-refractivity contribution is -0.138. The van der Waals surface area contributed by atoms with Gasteiger partial charge in [0.2, 0.25) is 0 Å². The van der Waals surface area contributed by atoms with Crippen molar-refractivity contribution < 1.29 is 23.9 Å². The molecule has 0 radical (unpaired) electrons. The maximum Gasteiger partial charge on any atom is 0.340 e. The van der Waals surface area contributed by atoms with Gasteiger partial charge in [0.15, 0.2) is 6.61 Å². The van der Waals surface area contributed by atoms with Gasteiger partial charge in [0.05, 0.1) is 18.4 Å². The van der Waals surface area contributed by atoms with Crippen LogP contribution in [0.4, 0.5) is 5.69 Å². The van der Waals surface area contributed by atoms with Crippen molar-refractivity contribution >= 4 is 23.5 Å². The zero-order valence-corrected chi connectivity index (χ0v) is 17.9. The normalized spacial score (nSPS) is 15.8. The summed E-state index contributed by atoms with van der Waals surface area (Å²) in [6, 6.07) is 13.4. The van der Waals surface area contributed by atoms with Crippen molar-refractivity contribution in [3.05, 3.63) is 59.7 Å². The van der Waals surface area contributed by atoms with Crippen LogP contribution < -0.4 is 10.1 Å². The van der Waals surface area contributed by atoms with Crippen LogP contribution in [0.1, 0.15) is 53.3 Å². The standard InChI is InChI=1S/C24H28N2O5/c1-3-18-8-6-7-15-26(18)22(27)16-31-24(29)20-9-4-5-10-21(20)25-23(28)17-11-13-19(30-2)14-12-17/h4-5,9-14,18H,3,6-8,15-16H2,1-2H3,(H,25,28)/t18-/m0/s1. The highest BCUT2D eigenvalue weighted by molar-refractivity contribution is 6.08. The van der Waals surface area contributed by atoms with E-state index in [4.69, 9.17) is 9.47 Å². The quantitative estimate of drug-likeness (QED) is 0.682. The van der Waals surface area contributed by atoms with Gasteiger partial charge in [-0.1, -0.05) is 19.1 Å². The van der Waals surface area contributed by atoms with E-state index in [1.807, 2.05) is 4.90 Å². The van der Waals surface area contributed by atoms with E-state index in [1.54, 1.807) is 55.6 Å². The van der Waals surface area contributed by atoms with Crippen LogP contribution in [-0.4, -0.2) is 49.0 Å². The molecule has 1 fully saturated rings. The van der Waals surface area contributed by atoms with Crippen molar-refractivity contribution in [2.24, 2.45) is 0 Å². The fraction of sp³-hybridized carbons (Fsp3) is 0.375. The smallest absolute Gasteiger partial charge is 0.340 e. The molecule has 7 nitrogen and oxygen atoms in total. The first kappa shape index (κ1) is 22.3. The summed E-state index contributed by atoms with van der Waals surface area (Å²) >= 11 is 0. The van der Waals surface area contributed by atoms with Crippen molar-refractivity contribution in [1.29, 1.82) is 0 Å². The number of hydrogen-bond acceptors (Lipinski definition) is 5. The van der Waals surface area contributed by atoms with Gasteiger partial charge in [0, 0.05) is 18.2 Å². The number of carbonyl (C=O) groups excluding carboxylic acids is 3. The van der Waals surface area contributed by atoms with Gasteiger partial charge < -0.3 is 19.7 Å². The number of carbonyl (C=O) groups is 3. The molecule has 1 atom stereocenters. The monoisotopic (exact) mass is 424 g/mol. The first-order chi connectivity index (χ1) is 15.0. The van der Waals surface area contributed by atoms with E-state index in [0.29, 0.717) is 23.5 Å². The van der Waals surface area contributed by atoms with Gasteiger partial charge in [0.25, 0.3) is 11.8 Å². The first-order valence-corrected chi connectivity index (χ1v) is 10.5. The third-order valence-corrected chi connectivity index (χ3v) is 5.49. The highest BCUT2D eigenvalue weighted by Gasteiger charge is 2.26. The molecule has 2 aromatic rings. The number of hydrogen-bond donors (Lipinski definition) is 1. The maximum atomic E-state index is 12.6. The summed E-state index contributed by atoms with van der Waals surface area (Å²) in [5, 5.41) is 2.74. The average Bonchev–Trinajstić information content (AvgIpc) is 2.82. The molecule has 0 saturated carbocycles. The molecule has 1 heterocycles. The number of nitrogens with one attached hydrogen (secondary N) is 1. The minimum atomic E-state index is -0.649. The van der Waals surface area contributed by atoms with Crippen LogP contribution in [0.15, 0.2) is 48.5 Å². The number of anilines is 1.